The first-order valence-corrected chi connectivity index (χ1v) is 15.6. The summed E-state index contributed by atoms with van der Waals surface area (Å²) in [7, 11) is 3.19. The number of hydrogen-bond donors (Lipinski definition) is 0. The highest BCUT2D eigenvalue weighted by Crippen LogP contribution is 2.35. The maximum absolute atomic E-state index is 14.0. The van der Waals surface area contributed by atoms with Crippen LogP contribution in [0.25, 0.3) is 5.69 Å². The summed E-state index contributed by atoms with van der Waals surface area (Å²) in [4.78, 5) is 45.0. The quantitative estimate of drug-likeness (QED) is 0.214. The van der Waals surface area contributed by atoms with Crippen LogP contribution in [0.4, 0.5) is 0 Å². The molecule has 12 heteroatoms. The molecule has 0 atom stereocenters. The van der Waals surface area contributed by atoms with E-state index in [1.54, 1.807) is 66.5 Å². The van der Waals surface area contributed by atoms with Crippen molar-refractivity contribution in [2.24, 2.45) is 0 Å². The summed E-state index contributed by atoms with van der Waals surface area (Å²) in [5, 5.41) is 5.07. The van der Waals surface area contributed by atoms with E-state index in [2.05, 4.69) is 5.10 Å². The van der Waals surface area contributed by atoms with Crippen molar-refractivity contribution in [3.63, 3.8) is 0 Å². The maximum Gasteiger partial charge on any atom is 0.365 e. The second kappa shape index (κ2) is 12.2. The Bertz CT molecular complexity index is 1910. The minimum atomic E-state index is -0.637. The first-order chi connectivity index (χ1) is 22.4. The van der Waals surface area contributed by atoms with Gasteiger partial charge in [-0.15, -0.1) is 11.3 Å². The molecule has 0 saturated heterocycles. The van der Waals surface area contributed by atoms with Crippen LogP contribution >= 0.6 is 11.3 Å². The van der Waals surface area contributed by atoms with Gasteiger partial charge in [0.05, 0.1) is 26.2 Å². The third-order valence-corrected chi connectivity index (χ3v) is 9.32. The molecule has 234 valence electrons. The highest BCUT2D eigenvalue weighted by molar-refractivity contribution is 7.14. The van der Waals surface area contributed by atoms with Crippen molar-refractivity contribution >= 4 is 29.1 Å². The van der Waals surface area contributed by atoms with E-state index in [1.165, 1.54) is 22.3 Å². The van der Waals surface area contributed by atoms with E-state index in [0.29, 0.717) is 72.5 Å². The third-order valence-electron chi connectivity index (χ3n) is 8.20. The van der Waals surface area contributed by atoms with Crippen LogP contribution in [0.3, 0.4) is 0 Å². The molecule has 7 rings (SSSR count). The molecular weight excluding hydrogens is 608 g/mol. The van der Waals surface area contributed by atoms with Gasteiger partial charge < -0.3 is 28.4 Å². The fraction of sp³-hybridized carbons (Fsp3) is 0.235. The van der Waals surface area contributed by atoms with Crippen LogP contribution < -0.4 is 14.2 Å². The molecule has 5 aromatic rings. The SMILES string of the molecule is COc1ccc(CN2CCc3c(C(=O)Oc4cc5c(s4)CCN(C(=O)c4ccco4)C5)nn(-c4ccc(OC)cc4)c3C2=O)cc1. The molecule has 0 fully saturated rings. The molecule has 2 aliphatic rings. The summed E-state index contributed by atoms with van der Waals surface area (Å²) >= 11 is 1.38. The second-order valence-corrected chi connectivity index (χ2v) is 12.1. The molecule has 0 spiro atoms. The fourth-order valence-electron chi connectivity index (χ4n) is 5.81. The average molecular weight is 639 g/mol. The molecular formula is C34H30N4O7S. The minimum absolute atomic E-state index is 0.101. The normalized spacial score (nSPS) is 14.1. The number of nitrogens with zero attached hydrogens (tertiary/aromatic N) is 4. The van der Waals surface area contributed by atoms with Gasteiger partial charge in [-0.1, -0.05) is 12.1 Å². The zero-order valence-electron chi connectivity index (χ0n) is 25.2. The van der Waals surface area contributed by atoms with Crippen LogP contribution in [0.15, 0.2) is 77.4 Å². The number of carbonyl (C=O) groups excluding carboxylic acids is 3. The molecule has 2 aromatic carbocycles. The van der Waals surface area contributed by atoms with Gasteiger partial charge in [0.1, 0.15) is 17.2 Å². The first kappa shape index (κ1) is 29.4. The van der Waals surface area contributed by atoms with Crippen LogP contribution in [-0.4, -0.2) is 64.7 Å². The largest absolute Gasteiger partial charge is 0.497 e. The number of esters is 1. The van der Waals surface area contributed by atoms with Crippen molar-refractivity contribution in [2.75, 3.05) is 27.3 Å². The molecule has 5 heterocycles. The number of methoxy groups -OCH3 is 2. The van der Waals surface area contributed by atoms with Gasteiger partial charge in [0, 0.05) is 36.6 Å². The number of carbonyl (C=O) groups is 3. The smallest absolute Gasteiger partial charge is 0.365 e. The van der Waals surface area contributed by atoms with Gasteiger partial charge in [0.25, 0.3) is 11.8 Å². The standard InChI is InChI=1S/C34H30N4O7S/c1-42-24-9-5-21(6-10-24)19-36-15-13-26-30(35-38(31(26)33(36)40)23-7-11-25(43-2)12-8-23)34(41)45-29-18-22-20-37(16-14-28(22)46-29)32(39)27-4-3-17-44-27/h3-12,17-18H,13-16,19-20H2,1-2H3. The Kier molecular flexibility index (Phi) is 7.79. The Labute approximate surface area is 268 Å². The number of furan rings is 1. The molecule has 0 aliphatic carbocycles. The maximum atomic E-state index is 14.0. The predicted molar refractivity (Wildman–Crippen MR) is 168 cm³/mol. The third kappa shape index (κ3) is 5.51. The topological polar surface area (TPSA) is 116 Å². The first-order valence-electron chi connectivity index (χ1n) is 14.8. The van der Waals surface area contributed by atoms with E-state index in [4.69, 9.17) is 18.6 Å². The van der Waals surface area contributed by atoms with Gasteiger partial charge in [-0.3, -0.25) is 9.59 Å². The molecule has 2 amide bonds. The Morgan fingerprint density at radius 3 is 2.39 bits per heavy atom. The van der Waals surface area contributed by atoms with Gasteiger partial charge in [0.15, 0.2) is 16.5 Å². The van der Waals surface area contributed by atoms with Crippen molar-refractivity contribution in [3.05, 3.63) is 112 Å². The summed E-state index contributed by atoms with van der Waals surface area (Å²) in [6.07, 6.45) is 2.55. The van der Waals surface area contributed by atoms with E-state index < -0.39 is 5.97 Å². The number of thiophene rings is 1. The molecule has 46 heavy (non-hydrogen) atoms. The van der Waals surface area contributed by atoms with E-state index in [1.807, 2.05) is 24.3 Å². The molecule has 3 aromatic heterocycles. The number of amides is 2. The average Bonchev–Trinajstić information content (AvgIpc) is 3.85. The molecule has 0 bridgehead atoms. The van der Waals surface area contributed by atoms with Crippen molar-refractivity contribution in [3.8, 4) is 22.2 Å². The fourth-order valence-corrected chi connectivity index (χ4v) is 6.82. The Morgan fingerprint density at radius 2 is 1.70 bits per heavy atom. The molecule has 0 N–H and O–H groups in total. The van der Waals surface area contributed by atoms with Gasteiger partial charge >= 0.3 is 5.97 Å². The summed E-state index contributed by atoms with van der Waals surface area (Å²) in [6, 6.07) is 19.9. The van der Waals surface area contributed by atoms with E-state index >= 15 is 0 Å². The van der Waals surface area contributed by atoms with E-state index in [-0.39, 0.29) is 17.5 Å². The summed E-state index contributed by atoms with van der Waals surface area (Å²) in [5.74, 6) is 0.641. The lowest BCUT2D eigenvalue weighted by molar-refractivity contribution is 0.0696. The number of hydrogen-bond acceptors (Lipinski definition) is 9. The number of rotatable bonds is 8. The minimum Gasteiger partial charge on any atom is -0.497 e. The number of fused-ring (bicyclic) bond motifs is 2. The lowest BCUT2D eigenvalue weighted by atomic mass is 10.0. The molecule has 0 saturated carbocycles. The van der Waals surface area contributed by atoms with Crippen molar-refractivity contribution in [1.82, 2.24) is 19.6 Å². The highest BCUT2D eigenvalue weighted by atomic mass is 32.1. The number of ether oxygens (including phenoxy) is 3. The lowest BCUT2D eigenvalue weighted by Gasteiger charge is -2.27. The molecule has 2 aliphatic heterocycles. The van der Waals surface area contributed by atoms with Crippen LogP contribution in [0.5, 0.6) is 16.6 Å². The summed E-state index contributed by atoms with van der Waals surface area (Å²) in [6.45, 7) is 1.74. The Hall–Kier alpha value is -5.36. The molecule has 11 nitrogen and oxygen atoms in total. The van der Waals surface area contributed by atoms with E-state index in [9.17, 15) is 14.4 Å². The lowest BCUT2D eigenvalue weighted by Crippen LogP contribution is -2.38. The van der Waals surface area contributed by atoms with Crippen molar-refractivity contribution in [2.45, 2.75) is 25.9 Å². The second-order valence-electron chi connectivity index (χ2n) is 11.0. The monoisotopic (exact) mass is 638 g/mol. The Morgan fingerprint density at radius 1 is 0.957 bits per heavy atom. The van der Waals surface area contributed by atoms with Crippen molar-refractivity contribution in [1.29, 1.82) is 0 Å². The van der Waals surface area contributed by atoms with Crippen molar-refractivity contribution < 1.29 is 33.0 Å². The van der Waals surface area contributed by atoms with E-state index in [0.717, 1.165) is 21.8 Å². The summed E-state index contributed by atoms with van der Waals surface area (Å²) in [5.41, 5.74) is 3.48. The van der Waals surface area contributed by atoms with Crippen LogP contribution in [-0.2, 0) is 25.9 Å². The molecule has 0 unspecified atom stereocenters. The molecule has 0 radical (unpaired) electrons. The van der Waals surface area contributed by atoms with Crippen LogP contribution in [0, 0.1) is 0 Å². The van der Waals surface area contributed by atoms with Gasteiger partial charge in [0.2, 0.25) is 0 Å². The van der Waals surface area contributed by atoms with Gasteiger partial charge in [-0.05, 0) is 78.6 Å². The predicted octanol–water partition coefficient (Wildman–Crippen LogP) is 5.16. The van der Waals surface area contributed by atoms with Crippen LogP contribution in [0.1, 0.15) is 53.1 Å². The van der Waals surface area contributed by atoms with Gasteiger partial charge in [-0.2, -0.15) is 5.10 Å². The number of aromatic nitrogens is 2. The van der Waals surface area contributed by atoms with Crippen LogP contribution in [0.2, 0.25) is 0 Å². The highest BCUT2D eigenvalue weighted by Gasteiger charge is 2.36. The number of benzene rings is 2. The zero-order valence-corrected chi connectivity index (χ0v) is 26.0. The van der Waals surface area contributed by atoms with Gasteiger partial charge in [-0.25, -0.2) is 9.48 Å². The zero-order chi connectivity index (χ0) is 31.8. The Balaban J connectivity index is 1.15. The summed E-state index contributed by atoms with van der Waals surface area (Å²) < 4.78 is 23.3.